The third-order valence-electron chi connectivity index (χ3n) is 1.44. The molecule has 13 heavy (non-hydrogen) atoms. The molecule has 0 saturated carbocycles. The van der Waals surface area contributed by atoms with Crippen LogP contribution in [0.25, 0.3) is 11.3 Å². The summed E-state index contributed by atoms with van der Waals surface area (Å²) in [6.07, 6.45) is 0. The highest BCUT2D eigenvalue weighted by atomic mass is 16.6. The SMILES string of the molecule is COc1nc2nonc2nc1OC. The van der Waals surface area contributed by atoms with Gasteiger partial charge < -0.3 is 9.47 Å². The van der Waals surface area contributed by atoms with Gasteiger partial charge in [-0.25, -0.2) is 4.63 Å². The Labute approximate surface area is 72.6 Å². The fourth-order valence-electron chi connectivity index (χ4n) is 0.874. The van der Waals surface area contributed by atoms with Crippen molar-refractivity contribution in [1.29, 1.82) is 0 Å². The van der Waals surface area contributed by atoms with Crippen molar-refractivity contribution in [3.05, 3.63) is 0 Å². The van der Waals surface area contributed by atoms with Crippen LogP contribution in [0, 0.1) is 0 Å². The summed E-state index contributed by atoms with van der Waals surface area (Å²) in [7, 11) is 2.93. The van der Waals surface area contributed by atoms with Crippen molar-refractivity contribution in [3.8, 4) is 11.8 Å². The second-order valence-electron chi connectivity index (χ2n) is 2.15. The lowest BCUT2D eigenvalue weighted by molar-refractivity contribution is 0.313. The molecule has 0 bridgehead atoms. The molecular weight excluding hydrogens is 176 g/mol. The van der Waals surface area contributed by atoms with Crippen LogP contribution in [-0.2, 0) is 0 Å². The number of nitrogens with zero attached hydrogens (tertiary/aromatic N) is 4. The van der Waals surface area contributed by atoms with E-state index in [0.29, 0.717) is 0 Å². The lowest BCUT2D eigenvalue weighted by Crippen LogP contribution is -1.96. The molecule has 2 heterocycles. The van der Waals surface area contributed by atoms with E-state index in [9.17, 15) is 0 Å². The van der Waals surface area contributed by atoms with Crippen LogP contribution in [0.15, 0.2) is 4.63 Å². The van der Waals surface area contributed by atoms with Gasteiger partial charge in [-0.15, -0.1) is 0 Å². The first-order chi connectivity index (χ1) is 6.35. The number of methoxy groups -OCH3 is 2. The molecule has 2 rings (SSSR count). The maximum absolute atomic E-state index is 4.91. The third-order valence-corrected chi connectivity index (χ3v) is 1.44. The van der Waals surface area contributed by atoms with Crippen LogP contribution in [0.1, 0.15) is 0 Å². The number of rotatable bonds is 2. The van der Waals surface area contributed by atoms with Gasteiger partial charge in [-0.2, -0.15) is 9.97 Å². The summed E-state index contributed by atoms with van der Waals surface area (Å²) < 4.78 is 14.2. The molecule has 0 unspecified atom stereocenters. The van der Waals surface area contributed by atoms with Crippen LogP contribution >= 0.6 is 0 Å². The van der Waals surface area contributed by atoms with E-state index >= 15 is 0 Å². The normalized spacial score (nSPS) is 10.3. The van der Waals surface area contributed by atoms with Gasteiger partial charge in [0.15, 0.2) is 0 Å². The van der Waals surface area contributed by atoms with Crippen molar-refractivity contribution in [2.45, 2.75) is 0 Å². The Hall–Kier alpha value is -1.92. The van der Waals surface area contributed by atoms with Crippen molar-refractivity contribution >= 4 is 11.3 Å². The zero-order chi connectivity index (χ0) is 9.26. The van der Waals surface area contributed by atoms with Crippen molar-refractivity contribution in [2.24, 2.45) is 0 Å². The topological polar surface area (TPSA) is 83.2 Å². The Morgan fingerprint density at radius 1 is 0.923 bits per heavy atom. The zero-order valence-corrected chi connectivity index (χ0v) is 7.01. The molecule has 0 aliphatic heterocycles. The monoisotopic (exact) mass is 182 g/mol. The molecule has 0 aliphatic rings. The molecule has 0 aliphatic carbocycles. The van der Waals surface area contributed by atoms with Gasteiger partial charge in [0.1, 0.15) is 0 Å². The summed E-state index contributed by atoms with van der Waals surface area (Å²) >= 11 is 0. The van der Waals surface area contributed by atoms with E-state index in [4.69, 9.17) is 9.47 Å². The number of fused-ring (bicyclic) bond motifs is 1. The van der Waals surface area contributed by atoms with Crippen molar-refractivity contribution in [3.63, 3.8) is 0 Å². The van der Waals surface area contributed by atoms with Gasteiger partial charge in [-0.05, 0) is 10.3 Å². The summed E-state index contributed by atoms with van der Waals surface area (Å²) in [5, 5.41) is 7.01. The highest BCUT2D eigenvalue weighted by Gasteiger charge is 2.12. The highest BCUT2D eigenvalue weighted by Crippen LogP contribution is 2.22. The van der Waals surface area contributed by atoms with E-state index in [1.54, 1.807) is 0 Å². The maximum atomic E-state index is 4.91. The Morgan fingerprint density at radius 2 is 1.38 bits per heavy atom. The first kappa shape index (κ1) is 7.71. The molecule has 2 aromatic heterocycles. The Kier molecular flexibility index (Phi) is 1.69. The van der Waals surface area contributed by atoms with Crippen LogP contribution in [0.3, 0.4) is 0 Å². The fraction of sp³-hybridized carbons (Fsp3) is 0.333. The average Bonchev–Trinajstić information content (AvgIpc) is 2.62. The molecule has 0 amide bonds. The predicted octanol–water partition coefficient (Wildman–Crippen LogP) is 0.0300. The number of ether oxygens (including phenoxy) is 2. The second-order valence-corrected chi connectivity index (χ2v) is 2.15. The molecule has 68 valence electrons. The molecule has 2 aromatic rings. The molecule has 0 saturated heterocycles. The van der Waals surface area contributed by atoms with Gasteiger partial charge in [-0.3, -0.25) is 0 Å². The van der Waals surface area contributed by atoms with E-state index in [2.05, 4.69) is 24.9 Å². The Balaban J connectivity index is 2.67. The van der Waals surface area contributed by atoms with Crippen LogP contribution in [0.5, 0.6) is 11.8 Å². The number of aromatic nitrogens is 4. The molecule has 0 spiro atoms. The first-order valence-electron chi connectivity index (χ1n) is 3.43. The predicted molar refractivity (Wildman–Crippen MR) is 40.5 cm³/mol. The molecule has 0 atom stereocenters. The van der Waals surface area contributed by atoms with Crippen molar-refractivity contribution in [2.75, 3.05) is 14.2 Å². The largest absolute Gasteiger partial charge is 0.477 e. The zero-order valence-electron chi connectivity index (χ0n) is 7.01. The lowest BCUT2D eigenvalue weighted by Gasteiger charge is -2.02. The van der Waals surface area contributed by atoms with Crippen molar-refractivity contribution in [1.82, 2.24) is 20.3 Å². The van der Waals surface area contributed by atoms with E-state index in [-0.39, 0.29) is 23.1 Å². The van der Waals surface area contributed by atoms with Gasteiger partial charge in [0.25, 0.3) is 11.8 Å². The summed E-state index contributed by atoms with van der Waals surface area (Å²) in [4.78, 5) is 7.89. The molecule has 0 N–H and O–H groups in total. The second kappa shape index (κ2) is 2.85. The van der Waals surface area contributed by atoms with Crippen LogP contribution in [0.4, 0.5) is 0 Å². The number of hydrogen-bond donors (Lipinski definition) is 0. The minimum Gasteiger partial charge on any atom is -0.477 e. The van der Waals surface area contributed by atoms with Gasteiger partial charge in [0, 0.05) is 0 Å². The molecule has 0 radical (unpaired) electrons. The highest BCUT2D eigenvalue weighted by molar-refractivity contribution is 5.64. The van der Waals surface area contributed by atoms with E-state index in [1.165, 1.54) is 14.2 Å². The molecular formula is C6H6N4O3. The summed E-state index contributed by atoms with van der Waals surface area (Å²) in [6.45, 7) is 0. The number of hydrogen-bond acceptors (Lipinski definition) is 7. The molecule has 0 fully saturated rings. The smallest absolute Gasteiger partial charge is 0.280 e. The van der Waals surface area contributed by atoms with Crippen LogP contribution in [-0.4, -0.2) is 34.5 Å². The van der Waals surface area contributed by atoms with Gasteiger partial charge in [0.05, 0.1) is 14.2 Å². The summed E-state index contributed by atoms with van der Waals surface area (Å²) in [5.74, 6) is 0.511. The minimum atomic E-state index is 0.255. The van der Waals surface area contributed by atoms with Gasteiger partial charge in [-0.1, -0.05) is 0 Å². The van der Waals surface area contributed by atoms with E-state index < -0.39 is 0 Å². The third kappa shape index (κ3) is 1.13. The summed E-state index contributed by atoms with van der Waals surface area (Å²) in [6, 6.07) is 0. The quantitative estimate of drug-likeness (QED) is 0.647. The van der Waals surface area contributed by atoms with Gasteiger partial charge in [0.2, 0.25) is 11.3 Å². The maximum Gasteiger partial charge on any atom is 0.280 e. The summed E-state index contributed by atoms with van der Waals surface area (Å²) in [5.41, 5.74) is 0.579. The Morgan fingerprint density at radius 3 is 1.77 bits per heavy atom. The Bertz CT molecular complexity index is 389. The first-order valence-corrected chi connectivity index (χ1v) is 3.43. The van der Waals surface area contributed by atoms with Crippen LogP contribution in [0.2, 0.25) is 0 Å². The minimum absolute atomic E-state index is 0.255. The molecule has 7 nitrogen and oxygen atoms in total. The van der Waals surface area contributed by atoms with E-state index in [1.807, 2.05) is 0 Å². The average molecular weight is 182 g/mol. The van der Waals surface area contributed by atoms with E-state index in [0.717, 1.165) is 0 Å². The van der Waals surface area contributed by atoms with Crippen LogP contribution < -0.4 is 9.47 Å². The molecule has 0 aromatic carbocycles. The van der Waals surface area contributed by atoms with Gasteiger partial charge >= 0.3 is 0 Å². The molecule has 7 heteroatoms. The fourth-order valence-corrected chi connectivity index (χ4v) is 0.874. The lowest BCUT2D eigenvalue weighted by atomic mass is 10.6. The van der Waals surface area contributed by atoms with Crippen molar-refractivity contribution < 1.29 is 14.1 Å². The standard InChI is InChI=1S/C6H6N4O3/c1-11-5-6(12-2)8-4-3(7-5)9-13-10-4/h1-2H3.